The third-order valence-electron chi connectivity index (χ3n) is 1.68. The van der Waals surface area contributed by atoms with E-state index in [2.05, 4.69) is 20.9 Å². The zero-order valence-electron chi connectivity index (χ0n) is 7.43. The summed E-state index contributed by atoms with van der Waals surface area (Å²) in [5, 5.41) is 0. The highest BCUT2D eigenvalue weighted by Crippen LogP contribution is 2.30. The summed E-state index contributed by atoms with van der Waals surface area (Å²) in [7, 11) is 1.43. The van der Waals surface area contributed by atoms with Gasteiger partial charge in [0.25, 0.3) is 6.43 Å². The van der Waals surface area contributed by atoms with E-state index in [1.54, 1.807) is 0 Å². The minimum atomic E-state index is -2.61. The molecule has 0 saturated heterocycles. The molecule has 14 heavy (non-hydrogen) atoms. The van der Waals surface area contributed by atoms with Crippen LogP contribution in [0.5, 0.6) is 5.75 Å². The van der Waals surface area contributed by atoms with E-state index in [0.29, 0.717) is 11.3 Å². The molecule has 0 aromatic carbocycles. The van der Waals surface area contributed by atoms with Gasteiger partial charge in [-0.05, 0) is 22.0 Å². The number of ether oxygens (including phenoxy) is 1. The first kappa shape index (κ1) is 11.3. The third-order valence-corrected chi connectivity index (χ3v) is 2.21. The molecule has 1 rings (SSSR count). The van der Waals surface area contributed by atoms with Crippen molar-refractivity contribution >= 4 is 15.9 Å². The van der Waals surface area contributed by atoms with Crippen LogP contribution in [0.2, 0.25) is 0 Å². The average molecular weight is 267 g/mol. The highest BCUT2D eigenvalue weighted by atomic mass is 79.9. The number of rotatable bonds is 3. The van der Waals surface area contributed by atoms with Crippen molar-refractivity contribution in [3.05, 3.63) is 21.9 Å². The van der Waals surface area contributed by atoms with Crippen molar-refractivity contribution in [1.82, 2.24) is 4.98 Å². The second kappa shape index (κ2) is 4.65. The number of nitrogens with two attached hydrogens (primary N) is 1. The van der Waals surface area contributed by atoms with Gasteiger partial charge < -0.3 is 10.5 Å². The molecule has 0 fully saturated rings. The predicted octanol–water partition coefficient (Wildman–Crippen LogP) is 2.25. The van der Waals surface area contributed by atoms with E-state index in [1.807, 2.05) is 0 Å². The molecule has 0 amide bonds. The van der Waals surface area contributed by atoms with Gasteiger partial charge in [0.1, 0.15) is 10.3 Å². The van der Waals surface area contributed by atoms with Crippen LogP contribution in [0, 0.1) is 0 Å². The Morgan fingerprint density at radius 1 is 1.64 bits per heavy atom. The number of pyridine rings is 1. The van der Waals surface area contributed by atoms with Crippen molar-refractivity contribution in [2.75, 3.05) is 7.11 Å². The molecule has 0 saturated carbocycles. The summed E-state index contributed by atoms with van der Waals surface area (Å²) in [5.41, 5.74) is 5.59. The molecule has 0 bridgehead atoms. The van der Waals surface area contributed by atoms with E-state index in [4.69, 9.17) is 10.5 Å². The number of hydrogen-bond acceptors (Lipinski definition) is 3. The predicted molar refractivity (Wildman–Crippen MR) is 51.3 cm³/mol. The van der Waals surface area contributed by atoms with Gasteiger partial charge in [0.15, 0.2) is 5.75 Å². The van der Waals surface area contributed by atoms with Gasteiger partial charge in [0.2, 0.25) is 0 Å². The number of hydrogen-bond donors (Lipinski definition) is 1. The minimum absolute atomic E-state index is 0.129. The van der Waals surface area contributed by atoms with Crippen LogP contribution in [-0.4, -0.2) is 12.1 Å². The normalized spacial score (nSPS) is 10.7. The Bertz CT molecular complexity index is 333. The smallest absolute Gasteiger partial charge is 0.280 e. The number of aromatic nitrogens is 1. The van der Waals surface area contributed by atoms with Crippen LogP contribution in [0.15, 0.2) is 10.7 Å². The van der Waals surface area contributed by atoms with Crippen molar-refractivity contribution in [1.29, 1.82) is 0 Å². The lowest BCUT2D eigenvalue weighted by Gasteiger charge is -2.10. The molecular weight excluding hydrogens is 258 g/mol. The lowest BCUT2D eigenvalue weighted by molar-refractivity contribution is 0.145. The van der Waals surface area contributed by atoms with E-state index in [9.17, 15) is 8.78 Å². The van der Waals surface area contributed by atoms with Crippen molar-refractivity contribution in [2.45, 2.75) is 13.0 Å². The Morgan fingerprint density at radius 3 is 2.71 bits per heavy atom. The second-order valence-electron chi connectivity index (χ2n) is 2.54. The van der Waals surface area contributed by atoms with Gasteiger partial charge in [0, 0.05) is 12.1 Å². The maximum Gasteiger partial charge on any atom is 0.280 e. The van der Waals surface area contributed by atoms with Crippen LogP contribution in [-0.2, 0) is 6.54 Å². The van der Waals surface area contributed by atoms with E-state index in [-0.39, 0.29) is 16.8 Å². The molecule has 1 heterocycles. The Hall–Kier alpha value is -0.750. The van der Waals surface area contributed by atoms with Crippen LogP contribution >= 0.6 is 15.9 Å². The molecule has 3 nitrogen and oxygen atoms in total. The van der Waals surface area contributed by atoms with Gasteiger partial charge >= 0.3 is 0 Å². The Labute approximate surface area is 88.4 Å². The summed E-state index contributed by atoms with van der Waals surface area (Å²) < 4.78 is 29.9. The Kier molecular flexibility index (Phi) is 3.77. The van der Waals surface area contributed by atoms with Gasteiger partial charge in [0.05, 0.1) is 7.11 Å². The minimum Gasteiger partial charge on any atom is -0.494 e. The molecule has 0 radical (unpaired) electrons. The molecule has 6 heteroatoms. The van der Waals surface area contributed by atoms with Crippen LogP contribution in [0.1, 0.15) is 17.7 Å². The highest BCUT2D eigenvalue weighted by molar-refractivity contribution is 9.10. The molecule has 0 aliphatic heterocycles. The first-order valence-corrected chi connectivity index (χ1v) is 4.61. The summed E-state index contributed by atoms with van der Waals surface area (Å²) in [4.78, 5) is 3.64. The molecule has 78 valence electrons. The van der Waals surface area contributed by atoms with Crippen molar-refractivity contribution in [3.63, 3.8) is 0 Å². The number of methoxy groups -OCH3 is 1. The first-order valence-electron chi connectivity index (χ1n) is 3.81. The van der Waals surface area contributed by atoms with Crippen molar-refractivity contribution in [3.8, 4) is 5.75 Å². The molecular formula is C8H9BrF2N2O. The lowest BCUT2D eigenvalue weighted by Crippen LogP contribution is -2.04. The Morgan fingerprint density at radius 2 is 2.29 bits per heavy atom. The van der Waals surface area contributed by atoms with E-state index >= 15 is 0 Å². The molecule has 0 aliphatic rings. The highest BCUT2D eigenvalue weighted by Gasteiger charge is 2.15. The maximum atomic E-state index is 12.3. The van der Waals surface area contributed by atoms with Crippen molar-refractivity contribution in [2.24, 2.45) is 5.73 Å². The zero-order valence-corrected chi connectivity index (χ0v) is 9.01. The monoisotopic (exact) mass is 266 g/mol. The van der Waals surface area contributed by atoms with E-state index in [0.717, 1.165) is 0 Å². The van der Waals surface area contributed by atoms with Gasteiger partial charge in [-0.2, -0.15) is 0 Å². The quantitative estimate of drug-likeness (QED) is 0.854. The third kappa shape index (κ3) is 2.19. The fourth-order valence-electron chi connectivity index (χ4n) is 1.05. The van der Waals surface area contributed by atoms with Crippen LogP contribution in [0.4, 0.5) is 8.78 Å². The summed E-state index contributed by atoms with van der Waals surface area (Å²) >= 11 is 3.04. The van der Waals surface area contributed by atoms with Crippen LogP contribution < -0.4 is 10.5 Å². The summed E-state index contributed by atoms with van der Waals surface area (Å²) in [6.45, 7) is 0.129. The first-order chi connectivity index (χ1) is 6.60. The maximum absolute atomic E-state index is 12.3. The molecule has 1 aromatic rings. The number of alkyl halides is 2. The molecule has 0 atom stereocenters. The fourth-order valence-corrected chi connectivity index (χ4v) is 1.67. The standard InChI is InChI=1S/C8H9BrF2N2O/c1-14-6-4(3-12)2-5(8(10)11)13-7(6)9/h2,8H,3,12H2,1H3. The van der Waals surface area contributed by atoms with E-state index < -0.39 is 6.43 Å². The zero-order chi connectivity index (χ0) is 10.7. The summed E-state index contributed by atoms with van der Waals surface area (Å²) in [5.74, 6) is 0.400. The largest absolute Gasteiger partial charge is 0.494 e. The molecule has 2 N–H and O–H groups in total. The topological polar surface area (TPSA) is 48.1 Å². The van der Waals surface area contributed by atoms with Gasteiger partial charge in [-0.15, -0.1) is 0 Å². The van der Waals surface area contributed by atoms with Gasteiger partial charge in [-0.25, -0.2) is 13.8 Å². The summed E-state index contributed by atoms with van der Waals surface area (Å²) in [6.07, 6.45) is -2.61. The second-order valence-corrected chi connectivity index (χ2v) is 3.29. The van der Waals surface area contributed by atoms with Crippen LogP contribution in [0.3, 0.4) is 0 Å². The fraction of sp³-hybridized carbons (Fsp3) is 0.375. The number of halogens is 3. The summed E-state index contributed by atoms with van der Waals surface area (Å²) in [6, 6.07) is 1.24. The van der Waals surface area contributed by atoms with Crippen LogP contribution in [0.25, 0.3) is 0 Å². The molecule has 1 aromatic heterocycles. The Balaban J connectivity index is 3.24. The molecule has 0 unspecified atom stereocenters. The van der Waals surface area contributed by atoms with Crippen molar-refractivity contribution < 1.29 is 13.5 Å². The van der Waals surface area contributed by atoms with Gasteiger partial charge in [-0.1, -0.05) is 0 Å². The SMILES string of the molecule is COc1c(CN)cc(C(F)F)nc1Br. The lowest BCUT2D eigenvalue weighted by atomic mass is 10.2. The molecule has 0 aliphatic carbocycles. The number of nitrogens with zero attached hydrogens (tertiary/aromatic N) is 1. The molecule has 0 spiro atoms. The average Bonchev–Trinajstić information content (AvgIpc) is 2.16. The van der Waals surface area contributed by atoms with Gasteiger partial charge in [-0.3, -0.25) is 0 Å². The van der Waals surface area contributed by atoms with E-state index in [1.165, 1.54) is 13.2 Å².